The van der Waals surface area contributed by atoms with Crippen molar-refractivity contribution in [3.05, 3.63) is 23.3 Å². The first-order valence-corrected chi connectivity index (χ1v) is 5.10. The van der Waals surface area contributed by atoms with Crippen LogP contribution in [0.25, 0.3) is 0 Å². The lowest BCUT2D eigenvalue weighted by Crippen LogP contribution is -2.09. The second kappa shape index (κ2) is 5.51. The average Bonchev–Trinajstić information content (AvgIpc) is 2.29. The minimum absolute atomic E-state index is 0.000833. The van der Waals surface area contributed by atoms with E-state index in [0.29, 0.717) is 30.0 Å². The molecule has 0 aliphatic carbocycles. The molecule has 0 unspecified atom stereocenters. The smallest absolute Gasteiger partial charge is 0.164 e. The molecule has 0 aromatic heterocycles. The Kier molecular flexibility index (Phi) is 4.31. The maximum absolute atomic E-state index is 11.7. The SMILES string of the molecule is COc1cc(C(=O)CCN)cc(OC)c1C. The lowest BCUT2D eigenvalue weighted by atomic mass is 10.0. The quantitative estimate of drug-likeness (QED) is 0.769. The zero-order valence-corrected chi connectivity index (χ0v) is 9.87. The summed E-state index contributed by atoms with van der Waals surface area (Å²) in [5.74, 6) is 1.30. The molecule has 88 valence electrons. The van der Waals surface area contributed by atoms with Crippen LogP contribution in [0.2, 0.25) is 0 Å². The molecule has 0 bridgehead atoms. The van der Waals surface area contributed by atoms with Gasteiger partial charge in [0.1, 0.15) is 11.5 Å². The maximum Gasteiger partial charge on any atom is 0.164 e. The van der Waals surface area contributed by atoms with Crippen LogP contribution in [0.5, 0.6) is 11.5 Å². The lowest BCUT2D eigenvalue weighted by molar-refractivity contribution is 0.0984. The Bertz CT molecular complexity index is 363. The molecule has 0 radical (unpaired) electrons. The second-order valence-electron chi connectivity index (χ2n) is 3.47. The summed E-state index contributed by atoms with van der Waals surface area (Å²) in [5, 5.41) is 0. The molecule has 0 aliphatic heterocycles. The first-order valence-electron chi connectivity index (χ1n) is 5.10. The molecule has 2 N–H and O–H groups in total. The van der Waals surface area contributed by atoms with E-state index < -0.39 is 0 Å². The standard InChI is InChI=1S/C12H17NO3/c1-8-11(15-2)6-9(7-12(8)16-3)10(14)4-5-13/h6-7H,4-5,13H2,1-3H3. The molecule has 1 rings (SSSR count). The van der Waals surface area contributed by atoms with Gasteiger partial charge in [0.25, 0.3) is 0 Å². The first kappa shape index (κ1) is 12.5. The van der Waals surface area contributed by atoms with Crippen LogP contribution in [0, 0.1) is 6.92 Å². The van der Waals surface area contributed by atoms with Crippen molar-refractivity contribution in [2.45, 2.75) is 13.3 Å². The number of nitrogens with two attached hydrogens (primary N) is 1. The minimum Gasteiger partial charge on any atom is -0.496 e. The molecule has 0 amide bonds. The number of hydrogen-bond donors (Lipinski definition) is 1. The van der Waals surface area contributed by atoms with E-state index in [4.69, 9.17) is 15.2 Å². The van der Waals surface area contributed by atoms with Crippen LogP contribution in [-0.2, 0) is 0 Å². The van der Waals surface area contributed by atoms with Crippen molar-refractivity contribution in [1.29, 1.82) is 0 Å². The molecular weight excluding hydrogens is 206 g/mol. The molecule has 4 heteroatoms. The van der Waals surface area contributed by atoms with E-state index in [-0.39, 0.29) is 5.78 Å². The van der Waals surface area contributed by atoms with Gasteiger partial charge in [-0.05, 0) is 25.6 Å². The number of ketones is 1. The van der Waals surface area contributed by atoms with E-state index in [9.17, 15) is 4.79 Å². The van der Waals surface area contributed by atoms with Crippen molar-refractivity contribution in [3.63, 3.8) is 0 Å². The third-order valence-electron chi connectivity index (χ3n) is 2.45. The minimum atomic E-state index is -0.000833. The summed E-state index contributed by atoms with van der Waals surface area (Å²) in [7, 11) is 3.14. The van der Waals surface area contributed by atoms with Gasteiger partial charge in [0.2, 0.25) is 0 Å². The van der Waals surface area contributed by atoms with Gasteiger partial charge in [-0.1, -0.05) is 0 Å². The van der Waals surface area contributed by atoms with E-state index >= 15 is 0 Å². The lowest BCUT2D eigenvalue weighted by Gasteiger charge is -2.11. The highest BCUT2D eigenvalue weighted by atomic mass is 16.5. The monoisotopic (exact) mass is 223 g/mol. The van der Waals surface area contributed by atoms with Crippen LogP contribution in [0.1, 0.15) is 22.3 Å². The van der Waals surface area contributed by atoms with Gasteiger partial charge in [-0.25, -0.2) is 0 Å². The summed E-state index contributed by atoms with van der Waals surface area (Å²) < 4.78 is 10.4. The Morgan fingerprint density at radius 2 is 1.75 bits per heavy atom. The third-order valence-corrected chi connectivity index (χ3v) is 2.45. The highest BCUT2D eigenvalue weighted by molar-refractivity contribution is 5.97. The molecule has 0 heterocycles. The van der Waals surface area contributed by atoms with Gasteiger partial charge in [0.05, 0.1) is 14.2 Å². The van der Waals surface area contributed by atoms with E-state index in [1.807, 2.05) is 6.92 Å². The first-order chi connectivity index (χ1) is 7.63. The molecule has 0 spiro atoms. The van der Waals surface area contributed by atoms with Crippen LogP contribution in [0.15, 0.2) is 12.1 Å². The maximum atomic E-state index is 11.7. The number of methoxy groups -OCH3 is 2. The average molecular weight is 223 g/mol. The second-order valence-corrected chi connectivity index (χ2v) is 3.47. The van der Waals surface area contributed by atoms with Crippen molar-refractivity contribution >= 4 is 5.78 Å². The summed E-state index contributed by atoms with van der Waals surface area (Å²) in [6.45, 7) is 2.23. The Morgan fingerprint density at radius 3 is 2.12 bits per heavy atom. The van der Waals surface area contributed by atoms with Crippen molar-refractivity contribution in [2.24, 2.45) is 5.73 Å². The van der Waals surface area contributed by atoms with E-state index in [2.05, 4.69) is 0 Å². The van der Waals surface area contributed by atoms with Crippen LogP contribution in [0.4, 0.5) is 0 Å². The highest BCUT2D eigenvalue weighted by Crippen LogP contribution is 2.29. The molecule has 1 aromatic carbocycles. The fraction of sp³-hybridized carbons (Fsp3) is 0.417. The molecule has 16 heavy (non-hydrogen) atoms. The van der Waals surface area contributed by atoms with Crippen molar-refractivity contribution < 1.29 is 14.3 Å². The third kappa shape index (κ3) is 2.52. The van der Waals surface area contributed by atoms with E-state index in [0.717, 1.165) is 5.56 Å². The summed E-state index contributed by atoms with van der Waals surface area (Å²) in [5.41, 5.74) is 6.81. The fourth-order valence-electron chi connectivity index (χ4n) is 1.52. The normalized spacial score (nSPS) is 10.0. The number of benzene rings is 1. The molecule has 0 aliphatic rings. The Labute approximate surface area is 95.3 Å². The number of hydrogen-bond acceptors (Lipinski definition) is 4. The zero-order valence-electron chi connectivity index (χ0n) is 9.87. The Morgan fingerprint density at radius 1 is 1.25 bits per heavy atom. The predicted octanol–water partition coefficient (Wildman–Crippen LogP) is 1.54. The number of carbonyl (C=O) groups excluding carboxylic acids is 1. The van der Waals surface area contributed by atoms with Gasteiger partial charge in [0, 0.05) is 17.5 Å². The van der Waals surface area contributed by atoms with Crippen LogP contribution in [0.3, 0.4) is 0 Å². The van der Waals surface area contributed by atoms with Crippen molar-refractivity contribution in [2.75, 3.05) is 20.8 Å². The number of Topliss-reactive ketones (excluding diaryl/α,β-unsaturated/α-hetero) is 1. The van der Waals surface area contributed by atoms with Gasteiger partial charge in [-0.2, -0.15) is 0 Å². The molecule has 0 saturated carbocycles. The van der Waals surface area contributed by atoms with E-state index in [1.54, 1.807) is 26.4 Å². The predicted molar refractivity (Wildman–Crippen MR) is 62.3 cm³/mol. The van der Waals surface area contributed by atoms with Gasteiger partial charge in [0.15, 0.2) is 5.78 Å². The molecule has 4 nitrogen and oxygen atoms in total. The summed E-state index contributed by atoms with van der Waals surface area (Å²) >= 11 is 0. The summed E-state index contributed by atoms with van der Waals surface area (Å²) in [6, 6.07) is 3.44. The van der Waals surface area contributed by atoms with Crippen LogP contribution < -0.4 is 15.2 Å². The van der Waals surface area contributed by atoms with Crippen molar-refractivity contribution in [1.82, 2.24) is 0 Å². The van der Waals surface area contributed by atoms with Gasteiger partial charge in [-0.3, -0.25) is 4.79 Å². The van der Waals surface area contributed by atoms with Gasteiger partial charge >= 0.3 is 0 Å². The van der Waals surface area contributed by atoms with Crippen LogP contribution in [-0.4, -0.2) is 26.5 Å². The molecular formula is C12H17NO3. The summed E-state index contributed by atoms with van der Waals surface area (Å²) in [6.07, 6.45) is 0.329. The molecule has 0 saturated heterocycles. The molecule has 0 fully saturated rings. The number of ether oxygens (including phenoxy) is 2. The molecule has 0 atom stereocenters. The van der Waals surface area contributed by atoms with E-state index in [1.165, 1.54) is 0 Å². The number of carbonyl (C=O) groups is 1. The van der Waals surface area contributed by atoms with Gasteiger partial charge in [-0.15, -0.1) is 0 Å². The Balaban J connectivity index is 3.16. The topological polar surface area (TPSA) is 61.5 Å². The van der Waals surface area contributed by atoms with Crippen LogP contribution >= 0.6 is 0 Å². The highest BCUT2D eigenvalue weighted by Gasteiger charge is 2.12. The molecule has 1 aromatic rings. The largest absolute Gasteiger partial charge is 0.496 e. The summed E-state index contributed by atoms with van der Waals surface area (Å²) in [4.78, 5) is 11.7. The zero-order chi connectivity index (χ0) is 12.1. The number of rotatable bonds is 5. The Hall–Kier alpha value is -1.55. The van der Waals surface area contributed by atoms with Gasteiger partial charge < -0.3 is 15.2 Å². The fourth-order valence-corrected chi connectivity index (χ4v) is 1.52. The van der Waals surface area contributed by atoms with Crippen molar-refractivity contribution in [3.8, 4) is 11.5 Å².